The third kappa shape index (κ3) is 3.37. The Bertz CT molecular complexity index is 1070. The minimum absolute atomic E-state index is 0.171. The Kier molecular flexibility index (Phi) is 4.50. The molecule has 0 bridgehead atoms. The van der Waals surface area contributed by atoms with Crippen molar-refractivity contribution < 1.29 is 4.39 Å². The number of rotatable bonds is 4. The van der Waals surface area contributed by atoms with E-state index in [4.69, 9.17) is 11.6 Å². The zero-order valence-electron chi connectivity index (χ0n) is 13.8. The summed E-state index contributed by atoms with van der Waals surface area (Å²) < 4.78 is 13.4. The van der Waals surface area contributed by atoms with Gasteiger partial charge in [-0.05, 0) is 46.5 Å². The predicted octanol–water partition coefficient (Wildman–Crippen LogP) is 5.70. The van der Waals surface area contributed by atoms with E-state index in [0.717, 1.165) is 27.6 Å². The van der Waals surface area contributed by atoms with Crippen LogP contribution in [0.5, 0.6) is 0 Å². The predicted molar refractivity (Wildman–Crippen MR) is 104 cm³/mol. The molecule has 5 heteroatoms. The fourth-order valence-electron chi connectivity index (χ4n) is 2.97. The summed E-state index contributed by atoms with van der Waals surface area (Å²) in [5, 5.41) is 4.34. The molecule has 0 aliphatic heterocycles. The van der Waals surface area contributed by atoms with Crippen molar-refractivity contribution in [2.24, 2.45) is 0 Å². The molecule has 4 aromatic rings. The zero-order valence-corrected chi connectivity index (χ0v) is 14.5. The van der Waals surface area contributed by atoms with Gasteiger partial charge >= 0.3 is 0 Å². The van der Waals surface area contributed by atoms with E-state index in [1.807, 2.05) is 54.6 Å². The average Bonchev–Trinajstić information content (AvgIpc) is 2.66. The third-order valence-electron chi connectivity index (χ3n) is 4.13. The van der Waals surface area contributed by atoms with Gasteiger partial charge < -0.3 is 5.32 Å². The van der Waals surface area contributed by atoms with Gasteiger partial charge in [-0.15, -0.1) is 0 Å². The normalized spacial score (nSPS) is 10.8. The van der Waals surface area contributed by atoms with Gasteiger partial charge in [-0.25, -0.2) is 14.4 Å². The number of hydrogen-bond acceptors (Lipinski definition) is 3. The van der Waals surface area contributed by atoms with Crippen molar-refractivity contribution in [3.05, 3.63) is 89.5 Å². The lowest BCUT2D eigenvalue weighted by atomic mass is 10.0. The van der Waals surface area contributed by atoms with Gasteiger partial charge in [-0.2, -0.15) is 0 Å². The molecule has 3 nitrogen and oxygen atoms in total. The number of fused-ring (bicyclic) bond motifs is 1. The van der Waals surface area contributed by atoms with Crippen LogP contribution in [-0.2, 0) is 6.54 Å². The summed E-state index contributed by atoms with van der Waals surface area (Å²) in [7, 11) is 0. The van der Waals surface area contributed by atoms with E-state index in [1.54, 1.807) is 6.07 Å². The molecule has 0 atom stereocenters. The number of nitrogens with one attached hydrogen (secondary N) is 1. The van der Waals surface area contributed by atoms with Crippen molar-refractivity contribution in [2.75, 3.05) is 5.32 Å². The van der Waals surface area contributed by atoms with Crippen molar-refractivity contribution in [1.29, 1.82) is 0 Å². The van der Waals surface area contributed by atoms with E-state index in [-0.39, 0.29) is 11.1 Å². The van der Waals surface area contributed by atoms with Gasteiger partial charge in [0.15, 0.2) is 0 Å². The molecular weight excluding hydrogens is 349 g/mol. The van der Waals surface area contributed by atoms with Gasteiger partial charge in [0.05, 0.1) is 10.9 Å². The first-order valence-corrected chi connectivity index (χ1v) is 8.58. The molecule has 3 aromatic carbocycles. The van der Waals surface area contributed by atoms with Gasteiger partial charge in [-0.1, -0.05) is 54.6 Å². The van der Waals surface area contributed by atoms with Crippen molar-refractivity contribution >= 4 is 28.3 Å². The van der Waals surface area contributed by atoms with Gasteiger partial charge in [0.25, 0.3) is 0 Å². The highest BCUT2D eigenvalue weighted by atomic mass is 35.5. The van der Waals surface area contributed by atoms with Crippen LogP contribution >= 0.6 is 11.6 Å². The highest BCUT2D eigenvalue weighted by Crippen LogP contribution is 2.33. The Hall–Kier alpha value is -2.98. The SMILES string of the molecule is Fc1cccc(CNc2nc(Cl)nc3cccc(-c4ccccc4)c23)c1. The summed E-state index contributed by atoms with van der Waals surface area (Å²) in [5.41, 5.74) is 3.66. The molecular formula is C21H15ClFN3. The highest BCUT2D eigenvalue weighted by molar-refractivity contribution is 6.29. The van der Waals surface area contributed by atoms with Crippen LogP contribution in [0.3, 0.4) is 0 Å². The van der Waals surface area contributed by atoms with Crippen LogP contribution < -0.4 is 5.32 Å². The van der Waals surface area contributed by atoms with E-state index in [2.05, 4.69) is 15.3 Å². The van der Waals surface area contributed by atoms with E-state index in [9.17, 15) is 4.39 Å². The van der Waals surface area contributed by atoms with Crippen molar-refractivity contribution in [3.8, 4) is 11.1 Å². The lowest BCUT2D eigenvalue weighted by Crippen LogP contribution is -2.04. The van der Waals surface area contributed by atoms with Gasteiger partial charge in [0.2, 0.25) is 5.28 Å². The van der Waals surface area contributed by atoms with E-state index in [1.165, 1.54) is 12.1 Å². The summed E-state index contributed by atoms with van der Waals surface area (Å²) in [5.74, 6) is 0.364. The molecule has 26 heavy (non-hydrogen) atoms. The molecule has 128 valence electrons. The van der Waals surface area contributed by atoms with Gasteiger partial charge in [-0.3, -0.25) is 0 Å². The quantitative estimate of drug-likeness (QED) is 0.472. The molecule has 0 amide bonds. The summed E-state index contributed by atoms with van der Waals surface area (Å²) in [6, 6.07) is 22.4. The first kappa shape index (κ1) is 16.5. The lowest BCUT2D eigenvalue weighted by molar-refractivity contribution is 0.626. The number of hydrogen-bond donors (Lipinski definition) is 1. The summed E-state index contributed by atoms with van der Waals surface area (Å²) in [6.45, 7) is 0.434. The summed E-state index contributed by atoms with van der Waals surface area (Å²) in [6.07, 6.45) is 0. The maximum atomic E-state index is 13.4. The standard InChI is InChI=1S/C21H15ClFN3/c22-21-25-18-11-5-10-17(15-7-2-1-3-8-15)19(18)20(26-21)24-13-14-6-4-9-16(23)12-14/h1-12H,13H2,(H,24,25,26). The second-order valence-corrected chi connectivity index (χ2v) is 6.23. The maximum absolute atomic E-state index is 13.4. The highest BCUT2D eigenvalue weighted by Gasteiger charge is 2.12. The molecule has 0 saturated heterocycles. The molecule has 4 rings (SSSR count). The smallest absolute Gasteiger partial charge is 0.224 e. The van der Waals surface area contributed by atoms with Gasteiger partial charge in [0, 0.05) is 6.54 Å². The molecule has 1 aromatic heterocycles. The number of halogens is 2. The van der Waals surface area contributed by atoms with Crippen molar-refractivity contribution in [3.63, 3.8) is 0 Å². The number of anilines is 1. The maximum Gasteiger partial charge on any atom is 0.224 e. The average molecular weight is 364 g/mol. The number of benzene rings is 3. The number of nitrogens with zero attached hydrogens (tertiary/aromatic N) is 2. The van der Waals surface area contributed by atoms with E-state index < -0.39 is 0 Å². The van der Waals surface area contributed by atoms with Gasteiger partial charge in [0.1, 0.15) is 11.6 Å². The van der Waals surface area contributed by atoms with Crippen LogP contribution in [0.4, 0.5) is 10.2 Å². The molecule has 0 aliphatic carbocycles. The van der Waals surface area contributed by atoms with Crippen LogP contribution in [0.1, 0.15) is 5.56 Å². The molecule has 0 aliphatic rings. The molecule has 1 N–H and O–H groups in total. The molecule has 0 spiro atoms. The second kappa shape index (κ2) is 7.10. The fraction of sp³-hybridized carbons (Fsp3) is 0.0476. The number of aromatic nitrogens is 2. The Morgan fingerprint density at radius 2 is 1.69 bits per heavy atom. The van der Waals surface area contributed by atoms with Crippen molar-refractivity contribution in [2.45, 2.75) is 6.54 Å². The zero-order chi connectivity index (χ0) is 17.9. The van der Waals surface area contributed by atoms with Crippen LogP contribution in [0, 0.1) is 5.82 Å². The summed E-state index contributed by atoms with van der Waals surface area (Å²) in [4.78, 5) is 8.72. The van der Waals surface area contributed by atoms with Crippen LogP contribution in [0.25, 0.3) is 22.0 Å². The monoisotopic (exact) mass is 363 g/mol. The van der Waals surface area contributed by atoms with Crippen LogP contribution in [0.15, 0.2) is 72.8 Å². The van der Waals surface area contributed by atoms with Crippen molar-refractivity contribution in [1.82, 2.24) is 9.97 Å². The molecule has 0 fully saturated rings. The largest absolute Gasteiger partial charge is 0.365 e. The molecule has 0 radical (unpaired) electrons. The van der Waals surface area contributed by atoms with E-state index >= 15 is 0 Å². The van der Waals surface area contributed by atoms with E-state index in [0.29, 0.717) is 12.4 Å². The lowest BCUT2D eigenvalue weighted by Gasteiger charge is -2.13. The Morgan fingerprint density at radius 1 is 0.885 bits per heavy atom. The van der Waals surface area contributed by atoms with Crippen LogP contribution in [-0.4, -0.2) is 9.97 Å². The second-order valence-electron chi connectivity index (χ2n) is 5.89. The first-order valence-electron chi connectivity index (χ1n) is 8.21. The fourth-order valence-corrected chi connectivity index (χ4v) is 3.15. The first-order chi connectivity index (χ1) is 12.7. The summed E-state index contributed by atoms with van der Waals surface area (Å²) >= 11 is 6.11. The molecule has 1 heterocycles. The molecule has 0 unspecified atom stereocenters. The topological polar surface area (TPSA) is 37.8 Å². The minimum Gasteiger partial charge on any atom is -0.365 e. The Labute approximate surface area is 155 Å². The Morgan fingerprint density at radius 3 is 2.50 bits per heavy atom. The third-order valence-corrected chi connectivity index (χ3v) is 4.30. The molecule has 0 saturated carbocycles. The minimum atomic E-state index is -0.264. The Balaban J connectivity index is 1.80. The van der Waals surface area contributed by atoms with Crippen LogP contribution in [0.2, 0.25) is 5.28 Å².